The molecular weight excluding hydrogens is 268 g/mol. The number of anilines is 2. The van der Waals surface area contributed by atoms with Gasteiger partial charge < -0.3 is 10.7 Å². The minimum atomic E-state index is -0.944. The number of nitrogens with zero attached hydrogens (tertiary/aromatic N) is 2. The van der Waals surface area contributed by atoms with E-state index in [9.17, 15) is 13.6 Å². The summed E-state index contributed by atoms with van der Waals surface area (Å²) in [6.45, 7) is 1.71. The number of aryl methyl sites for hydroxylation is 2. The van der Waals surface area contributed by atoms with Crippen molar-refractivity contribution in [3.05, 3.63) is 41.2 Å². The number of nitrogen functional groups attached to an aromatic ring is 1. The Bertz CT molecular complexity index is 645. The molecule has 2 rings (SSSR count). The molecule has 2 aromatic rings. The number of rotatable bonds is 3. The van der Waals surface area contributed by atoms with Gasteiger partial charge in [-0.3, -0.25) is 15.3 Å². The Kier molecular flexibility index (Phi) is 3.66. The van der Waals surface area contributed by atoms with Crippen molar-refractivity contribution in [2.75, 3.05) is 10.7 Å². The monoisotopic (exact) mass is 281 g/mol. The molecular formula is C12H13F2N5O. The van der Waals surface area contributed by atoms with Crippen molar-refractivity contribution in [3.8, 4) is 0 Å². The van der Waals surface area contributed by atoms with Crippen LogP contribution in [-0.2, 0) is 7.05 Å². The van der Waals surface area contributed by atoms with Crippen molar-refractivity contribution in [1.82, 2.24) is 9.78 Å². The van der Waals surface area contributed by atoms with E-state index in [2.05, 4.69) is 10.4 Å². The van der Waals surface area contributed by atoms with E-state index < -0.39 is 23.2 Å². The van der Waals surface area contributed by atoms with E-state index in [4.69, 9.17) is 5.84 Å². The fraction of sp³-hybridized carbons (Fsp3) is 0.167. The summed E-state index contributed by atoms with van der Waals surface area (Å²) in [7, 11) is 1.70. The smallest absolute Gasteiger partial charge is 0.255 e. The predicted octanol–water partition coefficient (Wildman–Crippen LogP) is 1.54. The maximum absolute atomic E-state index is 13.5. The minimum Gasteiger partial charge on any atom is -0.319 e. The third-order valence-corrected chi connectivity index (χ3v) is 2.71. The van der Waals surface area contributed by atoms with Crippen LogP contribution < -0.4 is 16.6 Å². The van der Waals surface area contributed by atoms with E-state index in [1.54, 1.807) is 20.2 Å². The Hall–Kier alpha value is -2.48. The van der Waals surface area contributed by atoms with E-state index in [-0.39, 0.29) is 5.56 Å². The number of nitrogens with one attached hydrogen (secondary N) is 2. The van der Waals surface area contributed by atoms with Crippen molar-refractivity contribution >= 4 is 17.3 Å². The molecule has 1 aromatic carbocycles. The minimum absolute atomic E-state index is 0.151. The number of halogens is 2. The number of aromatic nitrogens is 2. The molecule has 0 atom stereocenters. The highest BCUT2D eigenvalue weighted by atomic mass is 19.1. The van der Waals surface area contributed by atoms with Gasteiger partial charge >= 0.3 is 0 Å². The van der Waals surface area contributed by atoms with Crippen LogP contribution in [0.5, 0.6) is 0 Å². The van der Waals surface area contributed by atoms with Gasteiger partial charge in [0.1, 0.15) is 5.69 Å². The average Bonchev–Trinajstić information content (AvgIpc) is 2.67. The van der Waals surface area contributed by atoms with E-state index in [0.29, 0.717) is 11.4 Å². The molecule has 8 heteroatoms. The summed E-state index contributed by atoms with van der Waals surface area (Å²) in [5, 5.41) is 6.58. The zero-order chi connectivity index (χ0) is 14.9. The van der Waals surface area contributed by atoms with Crippen LogP contribution in [0.1, 0.15) is 16.1 Å². The molecule has 0 saturated carbocycles. The van der Waals surface area contributed by atoms with Gasteiger partial charge in [0, 0.05) is 18.8 Å². The molecule has 1 heterocycles. The summed E-state index contributed by atoms with van der Waals surface area (Å²) < 4.78 is 28.6. The van der Waals surface area contributed by atoms with Crippen LogP contribution in [0.15, 0.2) is 18.3 Å². The maximum atomic E-state index is 13.5. The Morgan fingerprint density at radius 2 is 1.95 bits per heavy atom. The zero-order valence-corrected chi connectivity index (χ0v) is 10.9. The summed E-state index contributed by atoms with van der Waals surface area (Å²) >= 11 is 0. The molecule has 0 unspecified atom stereocenters. The molecule has 0 spiro atoms. The number of hydrazine groups is 1. The normalized spacial score (nSPS) is 10.4. The highest BCUT2D eigenvalue weighted by Gasteiger charge is 2.16. The highest BCUT2D eigenvalue weighted by Crippen LogP contribution is 2.21. The molecule has 6 nitrogen and oxygen atoms in total. The summed E-state index contributed by atoms with van der Waals surface area (Å²) in [5.74, 6) is 2.46. The second-order valence-corrected chi connectivity index (χ2v) is 4.22. The number of carbonyl (C=O) groups excluding carboxylic acids is 1. The van der Waals surface area contributed by atoms with Gasteiger partial charge in [-0.15, -0.1) is 0 Å². The van der Waals surface area contributed by atoms with Crippen LogP contribution in [0.2, 0.25) is 0 Å². The molecule has 20 heavy (non-hydrogen) atoms. The molecule has 1 aromatic heterocycles. The van der Waals surface area contributed by atoms with Gasteiger partial charge in [-0.1, -0.05) is 0 Å². The fourth-order valence-electron chi connectivity index (χ4n) is 1.76. The largest absolute Gasteiger partial charge is 0.319 e. The molecule has 1 amide bonds. The van der Waals surface area contributed by atoms with E-state index in [1.807, 2.05) is 5.43 Å². The van der Waals surface area contributed by atoms with Crippen molar-refractivity contribution in [1.29, 1.82) is 0 Å². The number of amides is 1. The second-order valence-electron chi connectivity index (χ2n) is 4.22. The number of carbonyl (C=O) groups is 1. The lowest BCUT2D eigenvalue weighted by Crippen LogP contribution is -2.15. The lowest BCUT2D eigenvalue weighted by Gasteiger charge is -2.07. The highest BCUT2D eigenvalue weighted by molar-refractivity contribution is 6.04. The fourth-order valence-corrected chi connectivity index (χ4v) is 1.76. The first kappa shape index (κ1) is 13.9. The summed E-state index contributed by atoms with van der Waals surface area (Å²) in [6, 6.07) is 1.80. The molecule has 0 saturated heterocycles. The third kappa shape index (κ3) is 2.59. The first-order valence-electron chi connectivity index (χ1n) is 5.69. The zero-order valence-electron chi connectivity index (χ0n) is 10.9. The van der Waals surface area contributed by atoms with Gasteiger partial charge in [0.05, 0.1) is 11.4 Å². The van der Waals surface area contributed by atoms with E-state index in [0.717, 1.165) is 12.1 Å². The Morgan fingerprint density at radius 1 is 1.35 bits per heavy atom. The molecule has 0 bridgehead atoms. The number of hydrogen-bond acceptors (Lipinski definition) is 4. The Labute approximate surface area is 113 Å². The van der Waals surface area contributed by atoms with Gasteiger partial charge in [-0.2, -0.15) is 5.10 Å². The van der Waals surface area contributed by atoms with Crippen LogP contribution in [0.25, 0.3) is 0 Å². The van der Waals surface area contributed by atoms with Crippen LogP contribution in [0, 0.1) is 18.6 Å². The first-order valence-corrected chi connectivity index (χ1v) is 5.69. The van der Waals surface area contributed by atoms with Gasteiger partial charge in [-0.25, -0.2) is 8.78 Å². The van der Waals surface area contributed by atoms with Gasteiger partial charge in [-0.05, 0) is 19.1 Å². The molecule has 106 valence electrons. The van der Waals surface area contributed by atoms with Crippen molar-refractivity contribution < 1.29 is 13.6 Å². The third-order valence-electron chi connectivity index (χ3n) is 2.71. The van der Waals surface area contributed by atoms with E-state index >= 15 is 0 Å². The van der Waals surface area contributed by atoms with Crippen LogP contribution in [0.3, 0.4) is 0 Å². The van der Waals surface area contributed by atoms with Crippen LogP contribution >= 0.6 is 0 Å². The SMILES string of the molecule is Cc1nn(C)cc1NC(=O)c1cc(F)c(NN)c(F)c1. The van der Waals surface area contributed by atoms with Crippen LogP contribution in [0.4, 0.5) is 20.2 Å². The number of nitrogens with two attached hydrogens (primary N) is 1. The van der Waals surface area contributed by atoms with Gasteiger partial charge in [0.25, 0.3) is 5.91 Å². The lowest BCUT2D eigenvalue weighted by molar-refractivity contribution is 0.102. The lowest BCUT2D eigenvalue weighted by atomic mass is 10.1. The summed E-state index contributed by atoms with van der Waals surface area (Å²) in [4.78, 5) is 11.9. The summed E-state index contributed by atoms with van der Waals surface area (Å²) in [6.07, 6.45) is 1.59. The van der Waals surface area contributed by atoms with Gasteiger partial charge in [0.15, 0.2) is 11.6 Å². The van der Waals surface area contributed by atoms with Gasteiger partial charge in [0.2, 0.25) is 0 Å². The molecule has 4 N–H and O–H groups in total. The topological polar surface area (TPSA) is 85.0 Å². The quantitative estimate of drug-likeness (QED) is 0.588. The van der Waals surface area contributed by atoms with Crippen molar-refractivity contribution in [2.45, 2.75) is 6.92 Å². The molecule has 0 aliphatic heterocycles. The van der Waals surface area contributed by atoms with Crippen molar-refractivity contribution in [3.63, 3.8) is 0 Å². The van der Waals surface area contributed by atoms with E-state index in [1.165, 1.54) is 4.68 Å². The number of benzene rings is 1. The summed E-state index contributed by atoms with van der Waals surface area (Å²) in [5.41, 5.74) is 2.33. The molecule has 0 fully saturated rings. The number of hydrogen-bond donors (Lipinski definition) is 3. The first-order chi connectivity index (χ1) is 9.42. The Balaban J connectivity index is 2.28. The maximum Gasteiger partial charge on any atom is 0.255 e. The average molecular weight is 281 g/mol. The predicted molar refractivity (Wildman–Crippen MR) is 70.1 cm³/mol. The van der Waals surface area contributed by atoms with Crippen LogP contribution in [-0.4, -0.2) is 15.7 Å². The Morgan fingerprint density at radius 3 is 2.40 bits per heavy atom. The molecule has 0 radical (unpaired) electrons. The molecule has 0 aliphatic carbocycles. The van der Waals surface area contributed by atoms with Crippen molar-refractivity contribution in [2.24, 2.45) is 12.9 Å². The second kappa shape index (κ2) is 5.25. The standard InChI is InChI=1S/C12H13F2N5O/c1-6-10(5-19(2)18-6)16-12(20)7-3-8(13)11(17-15)9(14)4-7/h3-5,17H,15H2,1-2H3,(H,16,20). The molecule has 0 aliphatic rings.